The zero-order valence-corrected chi connectivity index (χ0v) is 11.2. The van der Waals surface area contributed by atoms with Gasteiger partial charge in [-0.05, 0) is 45.2 Å². The van der Waals surface area contributed by atoms with E-state index in [0.29, 0.717) is 12.5 Å². The molecule has 0 spiro atoms. The number of aryl methyl sites for hydroxylation is 1. The van der Waals surface area contributed by atoms with Gasteiger partial charge >= 0.3 is 0 Å². The van der Waals surface area contributed by atoms with Crippen molar-refractivity contribution in [3.8, 4) is 0 Å². The van der Waals surface area contributed by atoms with Crippen molar-refractivity contribution in [3.63, 3.8) is 0 Å². The van der Waals surface area contributed by atoms with E-state index in [-0.39, 0.29) is 11.9 Å². The average molecular weight is 251 g/mol. The summed E-state index contributed by atoms with van der Waals surface area (Å²) in [6, 6.07) is 5.26. The molecule has 2 unspecified atom stereocenters. The van der Waals surface area contributed by atoms with Crippen LogP contribution in [-0.2, 0) is 6.54 Å². The summed E-state index contributed by atoms with van der Waals surface area (Å²) in [5.74, 6) is 0.200. The van der Waals surface area contributed by atoms with Crippen LogP contribution in [0.3, 0.4) is 0 Å². The Kier molecular flexibility index (Phi) is 4.36. The van der Waals surface area contributed by atoms with Gasteiger partial charge in [0.1, 0.15) is 5.82 Å². The topological polar surface area (TPSA) is 23.5 Å². The molecule has 0 aromatic heterocycles. The van der Waals surface area contributed by atoms with Crippen LogP contribution in [0.2, 0.25) is 0 Å². The van der Waals surface area contributed by atoms with Gasteiger partial charge in [0.05, 0.1) is 6.10 Å². The number of hydrogen-bond donors (Lipinski definition) is 1. The van der Waals surface area contributed by atoms with Gasteiger partial charge in [0.2, 0.25) is 0 Å². The molecule has 1 aliphatic heterocycles. The maximum absolute atomic E-state index is 13.7. The monoisotopic (exact) mass is 251 g/mol. The van der Waals surface area contributed by atoms with Gasteiger partial charge in [-0.2, -0.15) is 0 Å². The van der Waals surface area contributed by atoms with Crippen molar-refractivity contribution in [2.24, 2.45) is 5.92 Å². The van der Waals surface area contributed by atoms with Gasteiger partial charge < -0.3 is 5.11 Å². The second kappa shape index (κ2) is 5.81. The Morgan fingerprint density at radius 1 is 1.50 bits per heavy atom. The number of nitrogens with zero attached hydrogens (tertiary/aromatic N) is 1. The summed E-state index contributed by atoms with van der Waals surface area (Å²) in [4.78, 5) is 2.25. The summed E-state index contributed by atoms with van der Waals surface area (Å²) in [6.07, 6.45) is 1.89. The molecule has 18 heavy (non-hydrogen) atoms. The third kappa shape index (κ3) is 3.30. The van der Waals surface area contributed by atoms with Gasteiger partial charge in [-0.15, -0.1) is 0 Å². The zero-order chi connectivity index (χ0) is 13.1. The summed E-state index contributed by atoms with van der Waals surface area (Å²) in [5.41, 5.74) is 1.86. The van der Waals surface area contributed by atoms with Gasteiger partial charge in [0.15, 0.2) is 0 Å². The number of halogens is 1. The number of rotatable bonds is 3. The highest BCUT2D eigenvalue weighted by atomic mass is 19.1. The number of likely N-dealkylation sites (tertiary alicyclic amines) is 1. The van der Waals surface area contributed by atoms with E-state index >= 15 is 0 Å². The van der Waals surface area contributed by atoms with E-state index in [1.54, 1.807) is 12.1 Å². The lowest BCUT2D eigenvalue weighted by atomic mass is 9.93. The molecule has 1 aromatic carbocycles. The fourth-order valence-electron chi connectivity index (χ4n) is 2.69. The van der Waals surface area contributed by atoms with E-state index in [1.807, 2.05) is 19.9 Å². The molecule has 1 aromatic rings. The van der Waals surface area contributed by atoms with Crippen LogP contribution >= 0.6 is 0 Å². The first-order chi connectivity index (χ1) is 8.56. The molecule has 1 aliphatic rings. The first-order valence-corrected chi connectivity index (χ1v) is 6.71. The highest BCUT2D eigenvalue weighted by Crippen LogP contribution is 2.22. The minimum Gasteiger partial charge on any atom is -0.393 e. The van der Waals surface area contributed by atoms with Crippen molar-refractivity contribution < 1.29 is 9.50 Å². The number of benzene rings is 1. The SMILES string of the molecule is Cc1ccc(F)c(CN2CCCC(C(C)O)C2)c1. The van der Waals surface area contributed by atoms with Crippen LogP contribution in [0, 0.1) is 18.7 Å². The normalized spacial score (nSPS) is 23.0. The first-order valence-electron chi connectivity index (χ1n) is 6.71. The van der Waals surface area contributed by atoms with Crippen molar-refractivity contribution >= 4 is 0 Å². The van der Waals surface area contributed by atoms with E-state index in [4.69, 9.17) is 0 Å². The molecule has 0 bridgehead atoms. The smallest absolute Gasteiger partial charge is 0.127 e. The molecule has 100 valence electrons. The van der Waals surface area contributed by atoms with Crippen molar-refractivity contribution in [1.29, 1.82) is 0 Å². The Bertz CT molecular complexity index is 405. The Hall–Kier alpha value is -0.930. The standard InChI is InChI=1S/C15H22FNO/c1-11-5-6-15(16)14(8-11)10-17-7-3-4-13(9-17)12(2)18/h5-6,8,12-13,18H,3-4,7,9-10H2,1-2H3. The highest BCUT2D eigenvalue weighted by molar-refractivity contribution is 5.24. The van der Waals surface area contributed by atoms with Crippen LogP contribution in [0.1, 0.15) is 30.9 Å². The van der Waals surface area contributed by atoms with E-state index in [2.05, 4.69) is 4.90 Å². The first kappa shape index (κ1) is 13.5. The van der Waals surface area contributed by atoms with Gasteiger partial charge in [0, 0.05) is 18.7 Å². The summed E-state index contributed by atoms with van der Waals surface area (Å²) in [6.45, 7) is 6.34. The van der Waals surface area contributed by atoms with Gasteiger partial charge in [-0.25, -0.2) is 4.39 Å². The predicted molar refractivity (Wildman–Crippen MR) is 70.8 cm³/mol. The molecule has 0 aliphatic carbocycles. The van der Waals surface area contributed by atoms with Gasteiger partial charge in [-0.1, -0.05) is 17.7 Å². The minimum atomic E-state index is -0.268. The quantitative estimate of drug-likeness (QED) is 0.893. The number of piperidine rings is 1. The van der Waals surface area contributed by atoms with Crippen molar-refractivity contribution in [3.05, 3.63) is 35.1 Å². The Morgan fingerprint density at radius 3 is 3.00 bits per heavy atom. The molecule has 1 fully saturated rings. The molecular formula is C15H22FNO. The Labute approximate surface area is 108 Å². The largest absolute Gasteiger partial charge is 0.393 e. The molecule has 1 saturated heterocycles. The fraction of sp³-hybridized carbons (Fsp3) is 0.600. The van der Waals surface area contributed by atoms with E-state index < -0.39 is 0 Å². The third-order valence-corrected chi connectivity index (χ3v) is 3.82. The van der Waals surface area contributed by atoms with Crippen molar-refractivity contribution in [1.82, 2.24) is 4.90 Å². The molecule has 1 heterocycles. The predicted octanol–water partition coefficient (Wildman–Crippen LogP) is 2.73. The summed E-state index contributed by atoms with van der Waals surface area (Å²) < 4.78 is 13.7. The molecule has 1 N–H and O–H groups in total. The zero-order valence-electron chi connectivity index (χ0n) is 11.2. The number of aliphatic hydroxyl groups is 1. The molecule has 3 heteroatoms. The molecule has 0 amide bonds. The maximum Gasteiger partial charge on any atom is 0.127 e. The lowest BCUT2D eigenvalue weighted by Gasteiger charge is -2.34. The van der Waals surface area contributed by atoms with Gasteiger partial charge in [-0.3, -0.25) is 4.90 Å². The maximum atomic E-state index is 13.7. The highest BCUT2D eigenvalue weighted by Gasteiger charge is 2.23. The molecular weight excluding hydrogens is 229 g/mol. The molecule has 2 nitrogen and oxygen atoms in total. The van der Waals surface area contributed by atoms with Gasteiger partial charge in [0.25, 0.3) is 0 Å². The van der Waals surface area contributed by atoms with Crippen LogP contribution in [0.4, 0.5) is 4.39 Å². The summed E-state index contributed by atoms with van der Waals surface area (Å²) in [5, 5.41) is 9.66. The van der Waals surface area contributed by atoms with Crippen LogP contribution in [-0.4, -0.2) is 29.2 Å². The van der Waals surface area contributed by atoms with Crippen molar-refractivity contribution in [2.45, 2.75) is 39.3 Å². The average Bonchev–Trinajstić information content (AvgIpc) is 2.34. The van der Waals surface area contributed by atoms with E-state index in [9.17, 15) is 9.50 Å². The Balaban J connectivity index is 2.02. The molecule has 0 saturated carbocycles. The number of aliphatic hydroxyl groups excluding tert-OH is 1. The molecule has 2 rings (SSSR count). The van der Waals surface area contributed by atoms with Crippen molar-refractivity contribution in [2.75, 3.05) is 13.1 Å². The fourth-order valence-corrected chi connectivity index (χ4v) is 2.69. The molecule has 2 atom stereocenters. The lowest BCUT2D eigenvalue weighted by Crippen LogP contribution is -2.39. The Morgan fingerprint density at radius 2 is 2.28 bits per heavy atom. The molecule has 0 radical (unpaired) electrons. The van der Waals surface area contributed by atoms with Crippen LogP contribution in [0.5, 0.6) is 0 Å². The summed E-state index contributed by atoms with van der Waals surface area (Å²) in [7, 11) is 0. The number of hydrogen-bond acceptors (Lipinski definition) is 2. The van der Waals surface area contributed by atoms with E-state index in [0.717, 1.165) is 37.1 Å². The van der Waals surface area contributed by atoms with E-state index in [1.165, 1.54) is 0 Å². The second-order valence-corrected chi connectivity index (χ2v) is 5.47. The van der Waals surface area contributed by atoms with Crippen LogP contribution in [0.25, 0.3) is 0 Å². The third-order valence-electron chi connectivity index (χ3n) is 3.82. The van der Waals surface area contributed by atoms with Crippen LogP contribution < -0.4 is 0 Å². The summed E-state index contributed by atoms with van der Waals surface area (Å²) >= 11 is 0. The lowest BCUT2D eigenvalue weighted by molar-refractivity contribution is 0.0595. The second-order valence-electron chi connectivity index (χ2n) is 5.47. The minimum absolute atomic E-state index is 0.125. The van der Waals surface area contributed by atoms with Crippen LogP contribution in [0.15, 0.2) is 18.2 Å².